The molecule has 0 radical (unpaired) electrons. The third-order valence-corrected chi connectivity index (χ3v) is 5.13. The Bertz CT molecular complexity index is 1150. The van der Waals surface area contributed by atoms with Crippen LogP contribution in [-0.4, -0.2) is 20.5 Å². The molecular weight excluding hydrogens is 346 g/mol. The van der Waals surface area contributed by atoms with Gasteiger partial charge in [-0.1, -0.05) is 48.5 Å². The molecule has 136 valence electrons. The van der Waals surface area contributed by atoms with Crippen LogP contribution in [0.4, 0.5) is 0 Å². The summed E-state index contributed by atoms with van der Waals surface area (Å²) in [4.78, 5) is 17.0. The number of hydrogen-bond donors (Lipinski definition) is 0. The third kappa shape index (κ3) is 2.93. The van der Waals surface area contributed by atoms with Crippen molar-refractivity contribution in [2.75, 3.05) is 0 Å². The first-order valence-electron chi connectivity index (χ1n) is 9.54. The van der Waals surface area contributed by atoms with Crippen LogP contribution >= 0.6 is 0 Å². The summed E-state index contributed by atoms with van der Waals surface area (Å²) in [6.45, 7) is 0. The molecule has 0 aliphatic heterocycles. The summed E-state index contributed by atoms with van der Waals surface area (Å²) in [6.07, 6.45) is 2.34. The number of aromatic nitrogens is 3. The van der Waals surface area contributed by atoms with Crippen LogP contribution in [0.2, 0.25) is 0 Å². The maximum Gasteiger partial charge on any atom is 0.164 e. The number of para-hydroxylation sites is 1. The number of Topliss-reactive ketones (excluding diaryl/α,β-unsaturated/α-hetero) is 1. The Morgan fingerprint density at radius 1 is 0.786 bits per heavy atom. The fraction of sp³-hybridized carbons (Fsp3) is 0.125. The number of pyridine rings is 1. The van der Waals surface area contributed by atoms with Gasteiger partial charge in [-0.3, -0.25) is 9.78 Å². The number of fused-ring (bicyclic) bond motifs is 1. The first-order chi connectivity index (χ1) is 13.8. The number of carbonyl (C=O) groups excluding carboxylic acids is 1. The van der Waals surface area contributed by atoms with Gasteiger partial charge in [0.1, 0.15) is 0 Å². The van der Waals surface area contributed by atoms with Gasteiger partial charge in [0.25, 0.3) is 0 Å². The van der Waals surface area contributed by atoms with Crippen LogP contribution in [0.5, 0.6) is 0 Å². The highest BCUT2D eigenvalue weighted by atomic mass is 16.1. The molecule has 0 spiro atoms. The molecule has 1 aliphatic carbocycles. The first kappa shape index (κ1) is 16.6. The summed E-state index contributed by atoms with van der Waals surface area (Å²) >= 11 is 0. The van der Waals surface area contributed by atoms with Crippen molar-refractivity contribution >= 4 is 5.78 Å². The molecule has 0 amide bonds. The molecule has 0 N–H and O–H groups in total. The number of nitrogens with zero attached hydrogens (tertiary/aromatic N) is 3. The lowest BCUT2D eigenvalue weighted by Gasteiger charge is -2.15. The maximum atomic E-state index is 12.2. The molecular formula is C24H19N3O. The van der Waals surface area contributed by atoms with E-state index in [-0.39, 0.29) is 5.78 Å². The molecule has 0 saturated heterocycles. The van der Waals surface area contributed by atoms with Gasteiger partial charge in [-0.25, -0.2) is 4.68 Å². The van der Waals surface area contributed by atoms with Crippen LogP contribution in [-0.2, 0) is 6.42 Å². The van der Waals surface area contributed by atoms with Gasteiger partial charge in [-0.2, -0.15) is 5.10 Å². The van der Waals surface area contributed by atoms with Crippen LogP contribution in [0.3, 0.4) is 0 Å². The average Bonchev–Trinajstić information content (AvgIpc) is 3.21. The van der Waals surface area contributed by atoms with E-state index < -0.39 is 0 Å². The van der Waals surface area contributed by atoms with E-state index in [0.29, 0.717) is 6.42 Å². The summed E-state index contributed by atoms with van der Waals surface area (Å²) in [5.74, 6) is 0.196. The Kier molecular flexibility index (Phi) is 4.09. The lowest BCUT2D eigenvalue weighted by Crippen LogP contribution is -2.13. The summed E-state index contributed by atoms with van der Waals surface area (Å²) in [6, 6.07) is 26.1. The second kappa shape index (κ2) is 6.89. The lowest BCUT2D eigenvalue weighted by molar-refractivity contribution is 0.0971. The van der Waals surface area contributed by atoms with Gasteiger partial charge in [0.15, 0.2) is 5.78 Å². The summed E-state index contributed by atoms with van der Waals surface area (Å²) in [7, 11) is 0. The van der Waals surface area contributed by atoms with Gasteiger partial charge in [-0.15, -0.1) is 0 Å². The van der Waals surface area contributed by atoms with Crippen LogP contribution in [0.1, 0.15) is 28.9 Å². The molecule has 4 aromatic rings. The highest BCUT2D eigenvalue weighted by Gasteiger charge is 2.21. The average molecular weight is 365 g/mol. The fourth-order valence-corrected chi connectivity index (χ4v) is 3.72. The minimum atomic E-state index is 0.196. The minimum absolute atomic E-state index is 0.196. The highest BCUT2D eigenvalue weighted by Crippen LogP contribution is 2.29. The van der Waals surface area contributed by atoms with Crippen molar-refractivity contribution in [3.05, 3.63) is 90.1 Å². The number of aryl methyl sites for hydroxylation is 1. The Morgan fingerprint density at radius 3 is 2.32 bits per heavy atom. The van der Waals surface area contributed by atoms with Gasteiger partial charge in [-0.05, 0) is 43.2 Å². The van der Waals surface area contributed by atoms with Crippen molar-refractivity contribution in [2.45, 2.75) is 19.3 Å². The molecule has 28 heavy (non-hydrogen) atoms. The van der Waals surface area contributed by atoms with E-state index in [4.69, 9.17) is 10.1 Å². The predicted octanol–water partition coefficient (Wildman–Crippen LogP) is 5.12. The highest BCUT2D eigenvalue weighted by molar-refractivity contribution is 5.98. The van der Waals surface area contributed by atoms with Crippen molar-refractivity contribution < 1.29 is 4.79 Å². The summed E-state index contributed by atoms with van der Waals surface area (Å²) < 4.78 is 1.93. The molecule has 0 bridgehead atoms. The predicted molar refractivity (Wildman–Crippen MR) is 109 cm³/mol. The van der Waals surface area contributed by atoms with Gasteiger partial charge in [0.2, 0.25) is 0 Å². The first-order valence-corrected chi connectivity index (χ1v) is 9.54. The molecule has 0 fully saturated rings. The molecule has 1 aliphatic rings. The number of benzene rings is 2. The molecule has 2 heterocycles. The number of carbonyl (C=O) groups is 1. The molecule has 2 aromatic carbocycles. The van der Waals surface area contributed by atoms with E-state index >= 15 is 0 Å². The van der Waals surface area contributed by atoms with Crippen molar-refractivity contribution in [2.24, 2.45) is 0 Å². The smallest absolute Gasteiger partial charge is 0.164 e. The molecule has 2 aromatic heterocycles. The third-order valence-electron chi connectivity index (χ3n) is 5.13. The van der Waals surface area contributed by atoms with Crippen molar-refractivity contribution in [3.8, 4) is 28.3 Å². The van der Waals surface area contributed by atoms with E-state index in [1.807, 2.05) is 65.3 Å². The monoisotopic (exact) mass is 365 g/mol. The van der Waals surface area contributed by atoms with Crippen LogP contribution in [0, 0.1) is 0 Å². The number of ketones is 1. The topological polar surface area (TPSA) is 47.8 Å². The normalized spacial score (nSPS) is 13.4. The maximum absolute atomic E-state index is 12.2. The number of rotatable bonds is 3. The molecule has 0 saturated carbocycles. The van der Waals surface area contributed by atoms with Gasteiger partial charge in [0, 0.05) is 17.5 Å². The van der Waals surface area contributed by atoms with Gasteiger partial charge >= 0.3 is 0 Å². The van der Waals surface area contributed by atoms with Gasteiger partial charge < -0.3 is 0 Å². The van der Waals surface area contributed by atoms with E-state index in [2.05, 4.69) is 18.2 Å². The Labute approximate surface area is 163 Å². The van der Waals surface area contributed by atoms with Crippen molar-refractivity contribution in [1.29, 1.82) is 0 Å². The van der Waals surface area contributed by atoms with E-state index in [1.54, 1.807) is 0 Å². The molecule has 5 rings (SSSR count). The van der Waals surface area contributed by atoms with Gasteiger partial charge in [0.05, 0.1) is 28.5 Å². The fourth-order valence-electron chi connectivity index (χ4n) is 3.72. The van der Waals surface area contributed by atoms with Crippen molar-refractivity contribution in [1.82, 2.24) is 14.8 Å². The quantitative estimate of drug-likeness (QED) is 0.506. The standard InChI is InChI=1S/C24H19N3O/c28-24-13-7-12-20-19(24)14-15-21(25-20)23-16-22(17-8-3-1-4-9-17)26-27(23)18-10-5-2-6-11-18/h1-6,8-11,14-16H,7,12-13H2. The molecule has 4 nitrogen and oxygen atoms in total. The van der Waals surface area contributed by atoms with E-state index in [0.717, 1.165) is 52.4 Å². The second-order valence-corrected chi connectivity index (χ2v) is 7.00. The zero-order valence-corrected chi connectivity index (χ0v) is 15.4. The summed E-state index contributed by atoms with van der Waals surface area (Å²) in [5, 5.41) is 4.86. The second-order valence-electron chi connectivity index (χ2n) is 7.00. The Balaban J connectivity index is 1.68. The Morgan fingerprint density at radius 2 is 1.54 bits per heavy atom. The lowest BCUT2D eigenvalue weighted by atomic mass is 9.94. The van der Waals surface area contributed by atoms with E-state index in [9.17, 15) is 4.79 Å². The molecule has 4 heteroatoms. The SMILES string of the molecule is O=C1CCCc2nc(-c3cc(-c4ccccc4)nn3-c3ccccc3)ccc21. The Hall–Kier alpha value is -3.53. The largest absolute Gasteiger partial charge is 0.294 e. The number of hydrogen-bond acceptors (Lipinski definition) is 3. The molecule has 0 atom stereocenters. The summed E-state index contributed by atoms with van der Waals surface area (Å²) in [5.41, 5.74) is 6.37. The molecule has 0 unspecified atom stereocenters. The zero-order chi connectivity index (χ0) is 18.9. The minimum Gasteiger partial charge on any atom is -0.294 e. The van der Waals surface area contributed by atoms with E-state index in [1.165, 1.54) is 0 Å². The van der Waals surface area contributed by atoms with Crippen LogP contribution < -0.4 is 0 Å². The van der Waals surface area contributed by atoms with Crippen molar-refractivity contribution in [3.63, 3.8) is 0 Å². The van der Waals surface area contributed by atoms with Crippen LogP contribution in [0.15, 0.2) is 78.9 Å². The zero-order valence-electron chi connectivity index (χ0n) is 15.4. The van der Waals surface area contributed by atoms with Crippen LogP contribution in [0.25, 0.3) is 28.3 Å².